The molecule has 0 aliphatic heterocycles. The van der Waals surface area contributed by atoms with E-state index < -0.39 is 0 Å². The summed E-state index contributed by atoms with van der Waals surface area (Å²) in [6.45, 7) is 2.82. The Bertz CT molecular complexity index is 569. The Morgan fingerprint density at radius 3 is 2.75 bits per heavy atom. The number of nitrogens with zero attached hydrogens (tertiary/aromatic N) is 2. The number of carbonyl (C=O) groups is 1. The number of aromatic nitrogens is 1. The molecule has 0 fully saturated rings. The topological polar surface area (TPSA) is 59.2 Å². The summed E-state index contributed by atoms with van der Waals surface area (Å²) < 4.78 is 0. The van der Waals surface area contributed by atoms with Gasteiger partial charge in [-0.25, -0.2) is 0 Å². The molecule has 0 saturated carbocycles. The zero-order valence-corrected chi connectivity index (χ0v) is 11.6. The molecule has 0 spiro atoms. The van der Waals surface area contributed by atoms with Gasteiger partial charge in [0.05, 0.1) is 12.2 Å². The third-order valence-corrected chi connectivity index (χ3v) is 3.02. The number of benzene rings is 1. The SMILES string of the molecule is Cc1cccc(N(Cc2ccccn2)C(=O)CCN)c1. The van der Waals surface area contributed by atoms with E-state index in [-0.39, 0.29) is 5.91 Å². The predicted molar refractivity (Wildman–Crippen MR) is 80.3 cm³/mol. The van der Waals surface area contributed by atoms with Crippen LogP contribution in [0.3, 0.4) is 0 Å². The zero-order chi connectivity index (χ0) is 14.4. The maximum atomic E-state index is 12.3. The Morgan fingerprint density at radius 1 is 1.25 bits per heavy atom. The first-order chi connectivity index (χ1) is 9.70. The molecule has 1 amide bonds. The van der Waals surface area contributed by atoms with Gasteiger partial charge in [0, 0.05) is 24.8 Å². The minimum Gasteiger partial charge on any atom is -0.330 e. The number of anilines is 1. The van der Waals surface area contributed by atoms with Crippen LogP contribution in [0, 0.1) is 6.92 Å². The first-order valence-corrected chi connectivity index (χ1v) is 6.67. The lowest BCUT2D eigenvalue weighted by Gasteiger charge is -2.22. The van der Waals surface area contributed by atoms with Crippen molar-refractivity contribution < 1.29 is 4.79 Å². The number of nitrogens with two attached hydrogens (primary N) is 1. The molecule has 0 unspecified atom stereocenters. The molecule has 0 radical (unpaired) electrons. The molecule has 0 aliphatic carbocycles. The molecule has 0 atom stereocenters. The molecule has 20 heavy (non-hydrogen) atoms. The second-order valence-corrected chi connectivity index (χ2v) is 4.68. The van der Waals surface area contributed by atoms with Crippen LogP contribution in [0.5, 0.6) is 0 Å². The Balaban J connectivity index is 2.27. The molecule has 4 heteroatoms. The highest BCUT2D eigenvalue weighted by Gasteiger charge is 2.16. The van der Waals surface area contributed by atoms with Crippen molar-refractivity contribution in [3.05, 3.63) is 59.9 Å². The second kappa shape index (κ2) is 6.82. The van der Waals surface area contributed by atoms with Crippen molar-refractivity contribution in [3.8, 4) is 0 Å². The van der Waals surface area contributed by atoms with Crippen LogP contribution in [0.2, 0.25) is 0 Å². The lowest BCUT2D eigenvalue weighted by Crippen LogP contribution is -2.32. The van der Waals surface area contributed by atoms with Crippen molar-refractivity contribution in [2.45, 2.75) is 19.9 Å². The number of hydrogen-bond donors (Lipinski definition) is 1. The lowest BCUT2D eigenvalue weighted by molar-refractivity contribution is -0.118. The second-order valence-electron chi connectivity index (χ2n) is 4.68. The van der Waals surface area contributed by atoms with E-state index in [0.717, 1.165) is 16.9 Å². The van der Waals surface area contributed by atoms with Gasteiger partial charge in [0.15, 0.2) is 0 Å². The quantitative estimate of drug-likeness (QED) is 0.905. The van der Waals surface area contributed by atoms with Crippen molar-refractivity contribution >= 4 is 11.6 Å². The van der Waals surface area contributed by atoms with Gasteiger partial charge in [0.25, 0.3) is 0 Å². The number of pyridine rings is 1. The molecule has 4 nitrogen and oxygen atoms in total. The minimum atomic E-state index is 0.0174. The van der Waals surface area contributed by atoms with Gasteiger partial charge >= 0.3 is 0 Å². The molecule has 2 aromatic rings. The van der Waals surface area contributed by atoms with Crippen molar-refractivity contribution in [3.63, 3.8) is 0 Å². The molecule has 0 aliphatic rings. The van der Waals surface area contributed by atoms with E-state index in [1.165, 1.54) is 0 Å². The van der Waals surface area contributed by atoms with Crippen LogP contribution in [-0.4, -0.2) is 17.4 Å². The average molecular weight is 269 g/mol. The van der Waals surface area contributed by atoms with Crippen LogP contribution in [0.25, 0.3) is 0 Å². The number of carbonyl (C=O) groups excluding carboxylic acids is 1. The van der Waals surface area contributed by atoms with Crippen molar-refractivity contribution in [2.75, 3.05) is 11.4 Å². The fourth-order valence-electron chi connectivity index (χ4n) is 2.03. The largest absolute Gasteiger partial charge is 0.330 e. The third kappa shape index (κ3) is 3.65. The molecule has 1 aromatic carbocycles. The standard InChI is InChI=1S/C16H19N3O/c1-13-5-4-7-15(11-13)19(16(20)8-9-17)12-14-6-2-3-10-18-14/h2-7,10-11H,8-9,12,17H2,1H3. The Morgan fingerprint density at radius 2 is 2.10 bits per heavy atom. The van der Waals surface area contributed by atoms with Gasteiger partial charge in [-0.1, -0.05) is 18.2 Å². The molecule has 104 valence electrons. The molecule has 2 rings (SSSR count). The average Bonchev–Trinajstić information content (AvgIpc) is 2.46. The van der Waals surface area contributed by atoms with E-state index in [4.69, 9.17) is 5.73 Å². The van der Waals surface area contributed by atoms with Crippen molar-refractivity contribution in [1.29, 1.82) is 0 Å². The molecule has 0 saturated heterocycles. The molecule has 2 N–H and O–H groups in total. The normalized spacial score (nSPS) is 10.3. The van der Waals surface area contributed by atoms with E-state index >= 15 is 0 Å². The van der Waals surface area contributed by atoms with Gasteiger partial charge in [-0.2, -0.15) is 0 Å². The highest BCUT2D eigenvalue weighted by Crippen LogP contribution is 2.19. The Labute approximate surface area is 119 Å². The van der Waals surface area contributed by atoms with Crippen LogP contribution in [0.4, 0.5) is 5.69 Å². The number of aryl methyl sites for hydroxylation is 1. The van der Waals surface area contributed by atoms with Crippen LogP contribution in [0.15, 0.2) is 48.7 Å². The maximum absolute atomic E-state index is 12.3. The Kier molecular flexibility index (Phi) is 4.85. The van der Waals surface area contributed by atoms with Crippen molar-refractivity contribution in [2.24, 2.45) is 5.73 Å². The number of rotatable bonds is 5. The van der Waals surface area contributed by atoms with E-state index in [2.05, 4.69) is 4.98 Å². The molecule has 1 heterocycles. The summed E-state index contributed by atoms with van der Waals surface area (Å²) in [4.78, 5) is 18.3. The summed E-state index contributed by atoms with van der Waals surface area (Å²) in [5.41, 5.74) is 8.37. The highest BCUT2D eigenvalue weighted by atomic mass is 16.2. The lowest BCUT2D eigenvalue weighted by atomic mass is 10.2. The summed E-state index contributed by atoms with van der Waals surface area (Å²) >= 11 is 0. The highest BCUT2D eigenvalue weighted by molar-refractivity contribution is 5.93. The third-order valence-electron chi connectivity index (χ3n) is 3.02. The van der Waals surface area contributed by atoms with Crippen LogP contribution in [-0.2, 0) is 11.3 Å². The predicted octanol–water partition coefficient (Wildman–Crippen LogP) is 2.27. The summed E-state index contributed by atoms with van der Waals surface area (Å²) in [6.07, 6.45) is 2.07. The minimum absolute atomic E-state index is 0.0174. The summed E-state index contributed by atoms with van der Waals surface area (Å²) in [5.74, 6) is 0.0174. The van der Waals surface area contributed by atoms with E-state index in [1.54, 1.807) is 11.1 Å². The molecular formula is C16H19N3O. The van der Waals surface area contributed by atoms with Gasteiger partial charge in [-0.05, 0) is 36.8 Å². The van der Waals surface area contributed by atoms with Gasteiger partial charge < -0.3 is 10.6 Å². The summed E-state index contributed by atoms with van der Waals surface area (Å²) in [7, 11) is 0. The van der Waals surface area contributed by atoms with Gasteiger partial charge in [-0.3, -0.25) is 9.78 Å². The maximum Gasteiger partial charge on any atom is 0.228 e. The van der Waals surface area contributed by atoms with Crippen LogP contribution < -0.4 is 10.6 Å². The Hall–Kier alpha value is -2.20. The molecular weight excluding hydrogens is 250 g/mol. The fourth-order valence-corrected chi connectivity index (χ4v) is 2.03. The first-order valence-electron chi connectivity index (χ1n) is 6.67. The summed E-state index contributed by atoms with van der Waals surface area (Å²) in [5, 5.41) is 0. The molecule has 1 aromatic heterocycles. The van der Waals surface area contributed by atoms with Crippen LogP contribution in [0.1, 0.15) is 17.7 Å². The number of amides is 1. The van der Waals surface area contributed by atoms with Gasteiger partial charge in [0.2, 0.25) is 5.91 Å². The summed E-state index contributed by atoms with van der Waals surface area (Å²) in [6, 6.07) is 13.6. The first kappa shape index (κ1) is 14.2. The van der Waals surface area contributed by atoms with Crippen molar-refractivity contribution in [1.82, 2.24) is 4.98 Å². The smallest absolute Gasteiger partial charge is 0.228 e. The van der Waals surface area contributed by atoms with Gasteiger partial charge in [-0.15, -0.1) is 0 Å². The van der Waals surface area contributed by atoms with E-state index in [9.17, 15) is 4.79 Å². The zero-order valence-electron chi connectivity index (χ0n) is 11.6. The van der Waals surface area contributed by atoms with E-state index in [0.29, 0.717) is 19.5 Å². The van der Waals surface area contributed by atoms with Crippen LogP contribution >= 0.6 is 0 Å². The number of hydrogen-bond acceptors (Lipinski definition) is 3. The van der Waals surface area contributed by atoms with Gasteiger partial charge in [0.1, 0.15) is 0 Å². The molecule has 0 bridgehead atoms. The van der Waals surface area contributed by atoms with E-state index in [1.807, 2.05) is 49.4 Å². The monoisotopic (exact) mass is 269 g/mol. The fraction of sp³-hybridized carbons (Fsp3) is 0.250.